The second-order valence-corrected chi connectivity index (χ2v) is 6.40. The van der Waals surface area contributed by atoms with Crippen molar-refractivity contribution in [2.45, 2.75) is 26.8 Å². The quantitative estimate of drug-likeness (QED) is 0.819. The first-order chi connectivity index (χ1) is 11.3. The molecule has 7 nitrogen and oxygen atoms in total. The maximum Gasteiger partial charge on any atom is 0.330 e. The van der Waals surface area contributed by atoms with Gasteiger partial charge in [-0.25, -0.2) is 14.5 Å². The van der Waals surface area contributed by atoms with Gasteiger partial charge in [-0.1, -0.05) is 32.9 Å². The van der Waals surface area contributed by atoms with Crippen molar-refractivity contribution >= 4 is 11.9 Å². The number of amides is 1. The number of aliphatic carboxylic acids is 1. The van der Waals surface area contributed by atoms with E-state index in [1.54, 1.807) is 41.4 Å². The standard InChI is InChI=1S/C17H20N4O3/c1-17(2,3)9-8-14(16(23)24)20-15(22)12-4-6-13(7-5-12)21-11-18-10-19-21/h4-11,14H,1-3H3,(H,20,22)(H,23,24)/b9-8+. The summed E-state index contributed by atoms with van der Waals surface area (Å²) in [6.45, 7) is 5.85. The minimum atomic E-state index is -1.11. The Morgan fingerprint density at radius 3 is 2.42 bits per heavy atom. The molecule has 0 saturated heterocycles. The number of carboxylic acids is 1. The molecule has 0 spiro atoms. The van der Waals surface area contributed by atoms with Gasteiger partial charge in [-0.3, -0.25) is 4.79 Å². The highest BCUT2D eigenvalue weighted by molar-refractivity contribution is 5.97. The zero-order chi connectivity index (χ0) is 17.7. The molecule has 0 aliphatic heterocycles. The number of carbonyl (C=O) groups is 2. The molecule has 2 N–H and O–H groups in total. The second-order valence-electron chi connectivity index (χ2n) is 6.40. The van der Waals surface area contributed by atoms with Gasteiger partial charge in [0.15, 0.2) is 0 Å². The van der Waals surface area contributed by atoms with Gasteiger partial charge in [0, 0.05) is 5.56 Å². The van der Waals surface area contributed by atoms with Gasteiger partial charge in [0.2, 0.25) is 0 Å². The number of carbonyl (C=O) groups excluding carboxylic acids is 1. The molecule has 0 bridgehead atoms. The molecular weight excluding hydrogens is 308 g/mol. The van der Waals surface area contributed by atoms with E-state index in [2.05, 4.69) is 15.4 Å². The van der Waals surface area contributed by atoms with E-state index in [0.717, 1.165) is 5.69 Å². The Hall–Kier alpha value is -2.96. The Labute approximate surface area is 140 Å². The molecule has 0 aliphatic carbocycles. The lowest BCUT2D eigenvalue weighted by Gasteiger charge is -2.15. The summed E-state index contributed by atoms with van der Waals surface area (Å²) in [5, 5.41) is 15.7. The molecule has 2 aromatic rings. The molecule has 0 saturated carbocycles. The molecule has 0 radical (unpaired) electrons. The highest BCUT2D eigenvalue weighted by Crippen LogP contribution is 2.15. The summed E-state index contributed by atoms with van der Waals surface area (Å²) in [7, 11) is 0. The molecule has 126 valence electrons. The fourth-order valence-electron chi connectivity index (χ4n) is 1.91. The first-order valence-electron chi connectivity index (χ1n) is 7.44. The van der Waals surface area contributed by atoms with Gasteiger partial charge in [-0.2, -0.15) is 5.10 Å². The van der Waals surface area contributed by atoms with Crippen molar-refractivity contribution in [3.63, 3.8) is 0 Å². The number of benzene rings is 1. The molecule has 0 fully saturated rings. The number of nitrogens with one attached hydrogen (secondary N) is 1. The number of allylic oxidation sites excluding steroid dienone is 1. The molecule has 1 atom stereocenters. The summed E-state index contributed by atoms with van der Waals surface area (Å²) in [6, 6.07) is 5.57. The fraction of sp³-hybridized carbons (Fsp3) is 0.294. The molecule has 1 aromatic heterocycles. The van der Waals surface area contributed by atoms with Crippen LogP contribution in [0.4, 0.5) is 0 Å². The zero-order valence-electron chi connectivity index (χ0n) is 13.8. The van der Waals surface area contributed by atoms with E-state index < -0.39 is 17.9 Å². The first kappa shape index (κ1) is 17.4. The molecule has 0 aliphatic rings. The lowest BCUT2D eigenvalue weighted by atomic mass is 9.95. The average Bonchev–Trinajstić information content (AvgIpc) is 3.04. The lowest BCUT2D eigenvalue weighted by molar-refractivity contribution is -0.137. The van der Waals surface area contributed by atoms with Gasteiger partial charge in [-0.15, -0.1) is 0 Å². The highest BCUT2D eigenvalue weighted by atomic mass is 16.4. The van der Waals surface area contributed by atoms with Crippen LogP contribution in [-0.4, -0.2) is 37.8 Å². The molecule has 1 unspecified atom stereocenters. The summed E-state index contributed by atoms with van der Waals surface area (Å²) in [5.41, 5.74) is 0.957. The SMILES string of the molecule is CC(C)(C)/C=C/C(NC(=O)c1ccc(-n2cncn2)cc1)C(=O)O. The van der Waals surface area contributed by atoms with Crippen LogP contribution in [0.1, 0.15) is 31.1 Å². The highest BCUT2D eigenvalue weighted by Gasteiger charge is 2.19. The molecule has 24 heavy (non-hydrogen) atoms. The first-order valence-corrected chi connectivity index (χ1v) is 7.44. The van der Waals surface area contributed by atoms with Crippen LogP contribution in [0.3, 0.4) is 0 Å². The van der Waals surface area contributed by atoms with E-state index in [1.807, 2.05) is 20.8 Å². The van der Waals surface area contributed by atoms with E-state index in [4.69, 9.17) is 0 Å². The minimum Gasteiger partial charge on any atom is -0.479 e. The third kappa shape index (κ3) is 4.77. The van der Waals surface area contributed by atoms with Gasteiger partial charge in [-0.05, 0) is 29.7 Å². The number of carboxylic acid groups (broad SMARTS) is 1. The monoisotopic (exact) mass is 328 g/mol. The Balaban J connectivity index is 2.10. The largest absolute Gasteiger partial charge is 0.479 e. The van der Waals surface area contributed by atoms with Crippen molar-refractivity contribution in [2.75, 3.05) is 0 Å². The van der Waals surface area contributed by atoms with E-state index in [1.165, 1.54) is 12.4 Å². The van der Waals surface area contributed by atoms with Crippen molar-refractivity contribution in [1.29, 1.82) is 0 Å². The maximum atomic E-state index is 12.2. The third-order valence-electron chi connectivity index (χ3n) is 3.15. The van der Waals surface area contributed by atoms with Crippen LogP contribution >= 0.6 is 0 Å². The van der Waals surface area contributed by atoms with Crippen LogP contribution in [0, 0.1) is 5.41 Å². The van der Waals surface area contributed by atoms with Crippen LogP contribution in [-0.2, 0) is 4.79 Å². The number of hydrogen-bond donors (Lipinski definition) is 2. The van der Waals surface area contributed by atoms with Gasteiger partial charge in [0.1, 0.15) is 18.7 Å². The van der Waals surface area contributed by atoms with Crippen molar-refractivity contribution in [2.24, 2.45) is 5.41 Å². The summed E-state index contributed by atoms with van der Waals surface area (Å²) in [4.78, 5) is 27.4. The molecule has 7 heteroatoms. The number of nitrogens with zero attached hydrogens (tertiary/aromatic N) is 3. The normalized spacial score (nSPS) is 13.0. The van der Waals surface area contributed by atoms with Crippen LogP contribution in [0.25, 0.3) is 5.69 Å². The molecule has 1 amide bonds. The summed E-state index contributed by atoms with van der Waals surface area (Å²) in [5.74, 6) is -1.56. The predicted molar refractivity (Wildman–Crippen MR) is 88.8 cm³/mol. The van der Waals surface area contributed by atoms with Crippen LogP contribution in [0.15, 0.2) is 49.1 Å². The second kappa shape index (κ2) is 7.08. The van der Waals surface area contributed by atoms with Gasteiger partial charge >= 0.3 is 5.97 Å². The molecular formula is C17H20N4O3. The van der Waals surface area contributed by atoms with Crippen molar-refractivity contribution in [1.82, 2.24) is 20.1 Å². The smallest absolute Gasteiger partial charge is 0.330 e. The maximum absolute atomic E-state index is 12.2. The Morgan fingerprint density at radius 2 is 1.92 bits per heavy atom. The van der Waals surface area contributed by atoms with Crippen LogP contribution in [0.5, 0.6) is 0 Å². The molecule has 1 aromatic carbocycles. The Morgan fingerprint density at radius 1 is 1.25 bits per heavy atom. The number of hydrogen-bond acceptors (Lipinski definition) is 4. The van der Waals surface area contributed by atoms with Crippen molar-refractivity contribution < 1.29 is 14.7 Å². The Kier molecular flexibility index (Phi) is 5.13. The van der Waals surface area contributed by atoms with Crippen LogP contribution < -0.4 is 5.32 Å². The summed E-state index contributed by atoms with van der Waals surface area (Å²) in [6.07, 6.45) is 6.22. The lowest BCUT2D eigenvalue weighted by Crippen LogP contribution is -2.39. The molecule has 1 heterocycles. The predicted octanol–water partition coefficient (Wildman–Crippen LogP) is 2.05. The fourth-order valence-corrected chi connectivity index (χ4v) is 1.91. The van der Waals surface area contributed by atoms with Crippen molar-refractivity contribution in [3.05, 3.63) is 54.6 Å². The van der Waals surface area contributed by atoms with E-state index in [9.17, 15) is 14.7 Å². The topological polar surface area (TPSA) is 97.1 Å². The zero-order valence-corrected chi connectivity index (χ0v) is 13.8. The van der Waals surface area contributed by atoms with Gasteiger partial charge in [0.05, 0.1) is 5.69 Å². The van der Waals surface area contributed by atoms with E-state index in [0.29, 0.717) is 5.56 Å². The Bertz CT molecular complexity index is 728. The number of rotatable bonds is 5. The van der Waals surface area contributed by atoms with Gasteiger partial charge in [0.25, 0.3) is 5.91 Å². The van der Waals surface area contributed by atoms with Crippen LogP contribution in [0.2, 0.25) is 0 Å². The average molecular weight is 328 g/mol. The van der Waals surface area contributed by atoms with E-state index in [-0.39, 0.29) is 5.41 Å². The van der Waals surface area contributed by atoms with Gasteiger partial charge < -0.3 is 10.4 Å². The summed E-state index contributed by atoms with van der Waals surface area (Å²) < 4.78 is 1.56. The number of aromatic nitrogens is 3. The summed E-state index contributed by atoms with van der Waals surface area (Å²) >= 11 is 0. The van der Waals surface area contributed by atoms with E-state index >= 15 is 0 Å². The molecule has 2 rings (SSSR count). The minimum absolute atomic E-state index is 0.169. The van der Waals surface area contributed by atoms with Crippen molar-refractivity contribution in [3.8, 4) is 5.69 Å². The third-order valence-corrected chi connectivity index (χ3v) is 3.15.